The Labute approximate surface area is 180 Å². The van der Waals surface area contributed by atoms with Crippen molar-refractivity contribution in [2.75, 3.05) is 34.3 Å². The summed E-state index contributed by atoms with van der Waals surface area (Å²) in [6, 6.07) is 14.4. The summed E-state index contributed by atoms with van der Waals surface area (Å²) >= 11 is 0. The minimum absolute atomic E-state index is 0.0355. The number of nitrogens with one attached hydrogen (secondary N) is 3. The Kier molecular flexibility index (Phi) is 7.04. The maximum atomic E-state index is 12.5. The number of rotatable bonds is 8. The van der Waals surface area contributed by atoms with E-state index in [2.05, 4.69) is 15.6 Å². The van der Waals surface area contributed by atoms with Gasteiger partial charge in [0.15, 0.2) is 0 Å². The van der Waals surface area contributed by atoms with Crippen LogP contribution in [0.4, 0.5) is 0 Å². The summed E-state index contributed by atoms with van der Waals surface area (Å²) in [4.78, 5) is 42.2. The van der Waals surface area contributed by atoms with Gasteiger partial charge in [-0.3, -0.25) is 14.4 Å². The molecule has 0 saturated heterocycles. The number of methoxy groups -OCH3 is 1. The van der Waals surface area contributed by atoms with E-state index in [9.17, 15) is 14.4 Å². The highest BCUT2D eigenvalue weighted by atomic mass is 16.5. The lowest BCUT2D eigenvalue weighted by molar-refractivity contribution is -0.120. The molecule has 8 nitrogen and oxygen atoms in total. The minimum Gasteiger partial charge on any atom is -0.496 e. The quantitative estimate of drug-likeness (QED) is 0.513. The van der Waals surface area contributed by atoms with Crippen LogP contribution in [0.2, 0.25) is 0 Å². The second-order valence-corrected chi connectivity index (χ2v) is 7.29. The fraction of sp³-hybridized carbons (Fsp3) is 0.261. The molecule has 0 radical (unpaired) electrons. The molecule has 3 aromatic rings. The normalized spacial score (nSPS) is 11.9. The van der Waals surface area contributed by atoms with E-state index in [-0.39, 0.29) is 29.5 Å². The van der Waals surface area contributed by atoms with Crippen molar-refractivity contribution in [3.63, 3.8) is 0 Å². The molecule has 0 saturated carbocycles. The largest absolute Gasteiger partial charge is 0.496 e. The van der Waals surface area contributed by atoms with E-state index in [1.807, 2.05) is 43.3 Å². The van der Waals surface area contributed by atoms with E-state index in [4.69, 9.17) is 4.74 Å². The highest BCUT2D eigenvalue weighted by molar-refractivity contribution is 5.98. The number of hydrogen-bond acceptors (Lipinski definition) is 5. The number of carbonyl (C=O) groups excluding carboxylic acids is 2. The summed E-state index contributed by atoms with van der Waals surface area (Å²) in [6.45, 7) is 0.0931. The van der Waals surface area contributed by atoms with Gasteiger partial charge >= 0.3 is 0 Å². The predicted octanol–water partition coefficient (Wildman–Crippen LogP) is 1.69. The fourth-order valence-corrected chi connectivity index (χ4v) is 3.38. The second kappa shape index (κ2) is 9.90. The first-order valence-corrected chi connectivity index (χ1v) is 9.87. The van der Waals surface area contributed by atoms with Gasteiger partial charge in [0.05, 0.1) is 19.7 Å². The number of aromatic amines is 1. The first-order valence-electron chi connectivity index (χ1n) is 9.87. The highest BCUT2D eigenvalue weighted by Crippen LogP contribution is 2.27. The van der Waals surface area contributed by atoms with Gasteiger partial charge in [-0.15, -0.1) is 0 Å². The summed E-state index contributed by atoms with van der Waals surface area (Å²) in [5, 5.41) is 5.76. The van der Waals surface area contributed by atoms with Gasteiger partial charge < -0.3 is 25.3 Å². The molecule has 2 aromatic carbocycles. The first kappa shape index (κ1) is 22.0. The van der Waals surface area contributed by atoms with Gasteiger partial charge in [0, 0.05) is 29.2 Å². The monoisotopic (exact) mass is 422 g/mol. The highest BCUT2D eigenvalue weighted by Gasteiger charge is 2.19. The van der Waals surface area contributed by atoms with Crippen molar-refractivity contribution in [1.82, 2.24) is 20.5 Å². The third-order valence-electron chi connectivity index (χ3n) is 5.06. The molecule has 1 unspecified atom stereocenters. The van der Waals surface area contributed by atoms with E-state index >= 15 is 0 Å². The Morgan fingerprint density at radius 3 is 2.52 bits per heavy atom. The van der Waals surface area contributed by atoms with E-state index < -0.39 is 5.91 Å². The van der Waals surface area contributed by atoms with Crippen molar-refractivity contribution in [1.29, 1.82) is 0 Å². The number of benzene rings is 2. The third kappa shape index (κ3) is 5.10. The van der Waals surface area contributed by atoms with E-state index in [1.54, 1.807) is 31.4 Å². The average molecular weight is 422 g/mol. The zero-order valence-corrected chi connectivity index (χ0v) is 17.8. The second-order valence-electron chi connectivity index (χ2n) is 7.29. The number of carbonyl (C=O) groups is 2. The number of likely N-dealkylation sites (N-methyl/N-ethyl adjacent to an activating group) is 1. The van der Waals surface area contributed by atoms with Crippen molar-refractivity contribution in [2.24, 2.45) is 0 Å². The fourth-order valence-electron chi connectivity index (χ4n) is 3.38. The molecule has 1 aromatic heterocycles. The molecule has 2 amide bonds. The van der Waals surface area contributed by atoms with Crippen LogP contribution in [0.25, 0.3) is 10.9 Å². The van der Waals surface area contributed by atoms with Crippen LogP contribution >= 0.6 is 0 Å². The molecule has 3 rings (SSSR count). The SMILES string of the molecule is COc1ccccc1C(CNC(=O)CNC(=O)c1c[nH]c2ccccc2c1=O)N(C)C. The summed E-state index contributed by atoms with van der Waals surface area (Å²) < 4.78 is 5.42. The number of amides is 2. The topological polar surface area (TPSA) is 104 Å². The molecular weight excluding hydrogens is 396 g/mol. The van der Waals surface area contributed by atoms with Crippen molar-refractivity contribution in [3.8, 4) is 5.75 Å². The zero-order valence-electron chi connectivity index (χ0n) is 17.8. The molecular formula is C23H26N4O4. The van der Waals surface area contributed by atoms with E-state index in [0.29, 0.717) is 17.4 Å². The summed E-state index contributed by atoms with van der Waals surface area (Å²) in [6.07, 6.45) is 1.36. The van der Waals surface area contributed by atoms with Gasteiger partial charge in [0.1, 0.15) is 11.3 Å². The van der Waals surface area contributed by atoms with Crippen LogP contribution in [0.3, 0.4) is 0 Å². The molecule has 0 aliphatic heterocycles. The number of pyridine rings is 1. The molecule has 8 heteroatoms. The Balaban J connectivity index is 1.61. The van der Waals surface area contributed by atoms with Crippen LogP contribution in [-0.2, 0) is 4.79 Å². The molecule has 0 aliphatic carbocycles. The number of fused-ring (bicyclic) bond motifs is 1. The number of para-hydroxylation sites is 2. The average Bonchev–Trinajstić information content (AvgIpc) is 2.78. The molecule has 3 N–H and O–H groups in total. The maximum Gasteiger partial charge on any atom is 0.257 e. The number of aromatic nitrogens is 1. The van der Waals surface area contributed by atoms with Gasteiger partial charge in [-0.1, -0.05) is 30.3 Å². The molecule has 1 atom stereocenters. The molecule has 0 fully saturated rings. The van der Waals surface area contributed by atoms with Crippen LogP contribution in [-0.4, -0.2) is 56.0 Å². The van der Waals surface area contributed by atoms with Crippen molar-refractivity contribution >= 4 is 22.7 Å². The van der Waals surface area contributed by atoms with Gasteiger partial charge in [-0.05, 0) is 32.3 Å². The third-order valence-corrected chi connectivity index (χ3v) is 5.06. The van der Waals surface area contributed by atoms with Gasteiger partial charge in [-0.25, -0.2) is 0 Å². The molecule has 162 valence electrons. The summed E-state index contributed by atoms with van der Waals surface area (Å²) in [7, 11) is 5.43. The molecule has 31 heavy (non-hydrogen) atoms. The number of ether oxygens (including phenoxy) is 1. The van der Waals surface area contributed by atoms with Crippen LogP contribution < -0.4 is 20.8 Å². The van der Waals surface area contributed by atoms with E-state index in [0.717, 1.165) is 11.3 Å². The van der Waals surface area contributed by atoms with Crippen molar-refractivity contribution in [2.45, 2.75) is 6.04 Å². The maximum absolute atomic E-state index is 12.5. The van der Waals surface area contributed by atoms with Crippen LogP contribution in [0, 0.1) is 0 Å². The van der Waals surface area contributed by atoms with Crippen LogP contribution in [0.1, 0.15) is 22.0 Å². The molecule has 0 aliphatic rings. The Hall–Kier alpha value is -3.65. The lowest BCUT2D eigenvalue weighted by Gasteiger charge is -2.26. The molecule has 0 bridgehead atoms. The molecule has 1 heterocycles. The van der Waals surface area contributed by atoms with Gasteiger partial charge in [-0.2, -0.15) is 0 Å². The molecule has 0 spiro atoms. The van der Waals surface area contributed by atoms with E-state index in [1.165, 1.54) is 6.20 Å². The van der Waals surface area contributed by atoms with Crippen molar-refractivity contribution in [3.05, 3.63) is 76.1 Å². The van der Waals surface area contributed by atoms with Crippen LogP contribution in [0.5, 0.6) is 5.75 Å². The zero-order chi connectivity index (χ0) is 22.4. The first-order chi connectivity index (χ1) is 14.9. The Morgan fingerprint density at radius 2 is 1.77 bits per heavy atom. The Morgan fingerprint density at radius 1 is 1.06 bits per heavy atom. The number of nitrogens with zero attached hydrogens (tertiary/aromatic N) is 1. The lowest BCUT2D eigenvalue weighted by atomic mass is 10.0. The summed E-state index contributed by atoms with van der Waals surface area (Å²) in [5.41, 5.74) is 1.18. The van der Waals surface area contributed by atoms with Gasteiger partial charge in [0.25, 0.3) is 5.91 Å². The van der Waals surface area contributed by atoms with Crippen LogP contribution in [0.15, 0.2) is 59.5 Å². The number of hydrogen-bond donors (Lipinski definition) is 3. The van der Waals surface area contributed by atoms with Crippen molar-refractivity contribution < 1.29 is 14.3 Å². The minimum atomic E-state index is -0.601. The van der Waals surface area contributed by atoms with Gasteiger partial charge in [0.2, 0.25) is 11.3 Å². The summed E-state index contributed by atoms with van der Waals surface area (Å²) in [5.74, 6) is -0.220. The standard InChI is InChI=1S/C23H26N4O4/c1-27(2)19(16-9-5-7-11-20(16)31-3)13-25-21(28)14-26-23(30)17-12-24-18-10-6-4-8-15(18)22(17)29/h4-12,19H,13-14H2,1-3H3,(H,24,29)(H,25,28)(H,26,30). The number of H-pyrrole nitrogens is 1. The predicted molar refractivity (Wildman–Crippen MR) is 119 cm³/mol. The smallest absolute Gasteiger partial charge is 0.257 e. The lowest BCUT2D eigenvalue weighted by Crippen LogP contribution is -2.41. The Bertz CT molecular complexity index is 1140.